The van der Waals surface area contributed by atoms with Crippen molar-refractivity contribution < 1.29 is 33.3 Å². The van der Waals surface area contributed by atoms with Crippen LogP contribution in [0.2, 0.25) is 0 Å². The normalized spacial score (nSPS) is 11.7. The third-order valence-electron chi connectivity index (χ3n) is 3.54. The summed E-state index contributed by atoms with van der Waals surface area (Å²) in [4.78, 5) is 35.7. The van der Waals surface area contributed by atoms with Gasteiger partial charge in [-0.2, -0.15) is 4.73 Å². The van der Waals surface area contributed by atoms with Gasteiger partial charge in [0.1, 0.15) is 0 Å². The van der Waals surface area contributed by atoms with Crippen LogP contribution >= 0.6 is 0 Å². The number of ketones is 1. The Morgan fingerprint density at radius 3 is 2.50 bits per heavy atom. The van der Waals surface area contributed by atoms with Crippen LogP contribution in [0.15, 0.2) is 36.7 Å². The van der Waals surface area contributed by atoms with E-state index in [4.69, 9.17) is 14.2 Å². The summed E-state index contributed by atoms with van der Waals surface area (Å²) in [7, 11) is 0. The van der Waals surface area contributed by atoms with Gasteiger partial charge >= 0.3 is 5.97 Å². The zero-order valence-corrected chi connectivity index (χ0v) is 13.7. The number of nitrogens with zero attached hydrogens (tertiary/aromatic N) is 1. The van der Waals surface area contributed by atoms with Crippen LogP contribution in [0.5, 0.6) is 11.5 Å². The number of amides is 1. The van der Waals surface area contributed by atoms with Gasteiger partial charge in [-0.25, -0.2) is 4.79 Å². The van der Waals surface area contributed by atoms with Gasteiger partial charge in [0.05, 0.1) is 11.3 Å². The summed E-state index contributed by atoms with van der Waals surface area (Å²) in [6, 6.07) is 5.51. The van der Waals surface area contributed by atoms with Crippen molar-refractivity contribution in [3.63, 3.8) is 0 Å². The van der Waals surface area contributed by atoms with E-state index in [0.29, 0.717) is 16.2 Å². The van der Waals surface area contributed by atoms with E-state index in [1.54, 1.807) is 0 Å². The molecule has 1 aromatic heterocycles. The molecule has 2 heterocycles. The molecule has 1 N–H and O–H groups in total. The first-order valence-electron chi connectivity index (χ1n) is 7.54. The molecule has 1 aromatic carbocycles. The summed E-state index contributed by atoms with van der Waals surface area (Å²) in [5, 5.41) is 13.4. The van der Waals surface area contributed by atoms with Crippen LogP contribution in [0.4, 0.5) is 5.69 Å². The van der Waals surface area contributed by atoms with Crippen molar-refractivity contribution in [3.05, 3.63) is 53.0 Å². The molecule has 9 nitrogen and oxygen atoms in total. The lowest BCUT2D eigenvalue weighted by atomic mass is 10.1. The highest BCUT2D eigenvalue weighted by atomic mass is 16.7. The maximum Gasteiger partial charge on any atom is 0.339 e. The largest absolute Gasteiger partial charge is 0.619 e. The zero-order valence-electron chi connectivity index (χ0n) is 13.7. The van der Waals surface area contributed by atoms with Crippen LogP contribution in [0.3, 0.4) is 0 Å². The number of anilines is 1. The third kappa shape index (κ3) is 3.72. The molecule has 0 bridgehead atoms. The number of carbonyl (C=O) groups excluding carboxylic acids is 3. The fraction of sp³-hybridized carbons (Fsp3) is 0.176. The van der Waals surface area contributed by atoms with Gasteiger partial charge in [-0.3, -0.25) is 9.59 Å². The van der Waals surface area contributed by atoms with Gasteiger partial charge in [-0.15, -0.1) is 0 Å². The van der Waals surface area contributed by atoms with Crippen LogP contribution in [0.1, 0.15) is 27.6 Å². The van der Waals surface area contributed by atoms with Crippen molar-refractivity contribution in [1.82, 2.24) is 0 Å². The minimum atomic E-state index is -0.752. The summed E-state index contributed by atoms with van der Waals surface area (Å²) in [6.45, 7) is 0.823. The van der Waals surface area contributed by atoms with Crippen LogP contribution in [0.25, 0.3) is 0 Å². The van der Waals surface area contributed by atoms with E-state index < -0.39 is 18.5 Å². The van der Waals surface area contributed by atoms with Crippen LogP contribution < -0.4 is 19.5 Å². The molecule has 2 aromatic rings. The molecule has 0 spiro atoms. The fourth-order valence-corrected chi connectivity index (χ4v) is 2.29. The van der Waals surface area contributed by atoms with E-state index in [2.05, 4.69) is 5.32 Å². The molecule has 0 fully saturated rings. The monoisotopic (exact) mass is 358 g/mol. The molecule has 0 saturated carbocycles. The maximum absolute atomic E-state index is 12.1. The van der Waals surface area contributed by atoms with Gasteiger partial charge in [-0.05, 0) is 13.0 Å². The molecule has 9 heteroatoms. The molecular formula is C17H14N2O7. The number of hydrogen-bond acceptors (Lipinski definition) is 7. The number of hydrogen-bond donors (Lipinski definition) is 1. The smallest absolute Gasteiger partial charge is 0.339 e. The minimum Gasteiger partial charge on any atom is -0.619 e. The third-order valence-corrected chi connectivity index (χ3v) is 3.54. The van der Waals surface area contributed by atoms with Gasteiger partial charge in [0.2, 0.25) is 6.79 Å². The summed E-state index contributed by atoms with van der Waals surface area (Å²) in [6.07, 6.45) is 2.28. The number of carbonyl (C=O) groups is 3. The van der Waals surface area contributed by atoms with E-state index in [0.717, 1.165) is 12.4 Å². The first-order chi connectivity index (χ1) is 12.4. The highest BCUT2D eigenvalue weighted by Crippen LogP contribution is 2.37. The molecule has 3 rings (SSSR count). The lowest BCUT2D eigenvalue weighted by Crippen LogP contribution is -2.25. The van der Waals surface area contributed by atoms with Gasteiger partial charge < -0.3 is 24.7 Å². The van der Waals surface area contributed by atoms with Crippen molar-refractivity contribution in [2.24, 2.45) is 0 Å². The highest BCUT2D eigenvalue weighted by Gasteiger charge is 2.21. The molecule has 26 heavy (non-hydrogen) atoms. The standard InChI is InChI=1S/C17H14N2O7/c1-10(20)12-6-14-15(26-9-25-14)7-13(12)18-16(21)8-24-17(22)11-2-4-19(23)5-3-11/h2-7H,8-9H2,1H3,(H,18,21). The molecule has 0 saturated heterocycles. The molecule has 0 unspecified atom stereocenters. The quantitative estimate of drug-likeness (QED) is 0.367. The number of rotatable bonds is 5. The Labute approximate surface area is 147 Å². The second-order valence-corrected chi connectivity index (χ2v) is 5.38. The van der Waals surface area contributed by atoms with Crippen molar-refractivity contribution in [2.45, 2.75) is 6.92 Å². The minimum absolute atomic E-state index is 0.0299. The summed E-state index contributed by atoms with van der Waals surface area (Å²) >= 11 is 0. The molecule has 0 atom stereocenters. The Hall–Kier alpha value is -3.62. The number of nitrogens with one attached hydrogen (secondary N) is 1. The molecular weight excluding hydrogens is 344 g/mol. The number of aromatic nitrogens is 1. The molecule has 0 aliphatic carbocycles. The lowest BCUT2D eigenvalue weighted by molar-refractivity contribution is -0.605. The zero-order chi connectivity index (χ0) is 18.7. The van der Waals surface area contributed by atoms with E-state index in [9.17, 15) is 19.6 Å². The van der Waals surface area contributed by atoms with Crippen molar-refractivity contribution in [2.75, 3.05) is 18.7 Å². The van der Waals surface area contributed by atoms with Crippen molar-refractivity contribution in [1.29, 1.82) is 0 Å². The predicted octanol–water partition coefficient (Wildman–Crippen LogP) is 1.05. The van der Waals surface area contributed by atoms with Crippen molar-refractivity contribution >= 4 is 23.3 Å². The number of ether oxygens (including phenoxy) is 3. The second-order valence-electron chi connectivity index (χ2n) is 5.38. The van der Waals surface area contributed by atoms with E-state index in [-0.39, 0.29) is 29.4 Å². The van der Waals surface area contributed by atoms with E-state index >= 15 is 0 Å². The summed E-state index contributed by atoms with van der Waals surface area (Å²) in [5.74, 6) is -0.838. The van der Waals surface area contributed by atoms with E-state index in [1.165, 1.54) is 31.2 Å². The second kappa shape index (κ2) is 7.09. The molecule has 134 valence electrons. The lowest BCUT2D eigenvalue weighted by Gasteiger charge is -2.11. The number of benzene rings is 1. The van der Waals surface area contributed by atoms with Gasteiger partial charge in [0.15, 0.2) is 36.3 Å². The van der Waals surface area contributed by atoms with Gasteiger partial charge in [0, 0.05) is 23.8 Å². The highest BCUT2D eigenvalue weighted by molar-refractivity contribution is 6.05. The average molecular weight is 358 g/mol. The molecule has 1 amide bonds. The molecule has 0 radical (unpaired) electrons. The van der Waals surface area contributed by atoms with Crippen LogP contribution in [-0.4, -0.2) is 31.1 Å². The Morgan fingerprint density at radius 1 is 1.19 bits per heavy atom. The Morgan fingerprint density at radius 2 is 1.85 bits per heavy atom. The summed E-state index contributed by atoms with van der Waals surface area (Å²) < 4.78 is 15.8. The average Bonchev–Trinajstić information content (AvgIpc) is 3.06. The molecule has 1 aliphatic heterocycles. The van der Waals surface area contributed by atoms with Crippen molar-refractivity contribution in [3.8, 4) is 11.5 Å². The number of esters is 1. The first-order valence-corrected chi connectivity index (χ1v) is 7.54. The Balaban J connectivity index is 1.65. The Bertz CT molecular complexity index is 877. The van der Waals surface area contributed by atoms with Crippen LogP contribution in [-0.2, 0) is 9.53 Å². The topological polar surface area (TPSA) is 118 Å². The number of Topliss-reactive ketones (excluding diaryl/α,β-unsaturated/α-hetero) is 1. The number of pyridine rings is 1. The number of fused-ring (bicyclic) bond motifs is 1. The van der Waals surface area contributed by atoms with Gasteiger partial charge in [-0.1, -0.05) is 0 Å². The SMILES string of the molecule is CC(=O)c1cc2c(cc1NC(=O)COC(=O)c1cc[n+]([O-])cc1)OCO2. The summed E-state index contributed by atoms with van der Waals surface area (Å²) in [5.41, 5.74) is 0.615. The maximum atomic E-state index is 12.1. The fourth-order valence-electron chi connectivity index (χ4n) is 2.29. The van der Waals surface area contributed by atoms with Crippen LogP contribution in [0, 0.1) is 5.21 Å². The Kier molecular flexibility index (Phi) is 4.70. The molecule has 1 aliphatic rings. The van der Waals surface area contributed by atoms with E-state index in [1.807, 2.05) is 0 Å². The first kappa shape index (κ1) is 17.2. The van der Waals surface area contributed by atoms with Gasteiger partial charge in [0.25, 0.3) is 5.91 Å². The predicted molar refractivity (Wildman–Crippen MR) is 86.9 cm³/mol.